The normalized spacial score (nSPS) is 12.3. The highest BCUT2D eigenvalue weighted by Crippen LogP contribution is 2.22. The monoisotopic (exact) mass is 535 g/mol. The van der Waals surface area contributed by atoms with Crippen LogP contribution < -0.4 is 9.62 Å². The van der Waals surface area contributed by atoms with Gasteiger partial charge < -0.3 is 10.2 Å². The molecule has 0 spiro atoms. The number of benzene rings is 2. The summed E-state index contributed by atoms with van der Waals surface area (Å²) in [7, 11) is -3.53. The van der Waals surface area contributed by atoms with Gasteiger partial charge in [-0.2, -0.15) is 0 Å². The molecule has 2 aromatic carbocycles. The molecule has 2 aromatic rings. The quantitative estimate of drug-likeness (QED) is 0.427. The van der Waals surface area contributed by atoms with Gasteiger partial charge in [0.15, 0.2) is 0 Å². The topological polar surface area (TPSA) is 86.8 Å². The molecule has 0 aliphatic heterocycles. The molecule has 0 bridgehead atoms. The van der Waals surface area contributed by atoms with Crippen molar-refractivity contribution in [1.29, 1.82) is 0 Å². The number of nitrogens with one attached hydrogen (secondary N) is 1. The lowest BCUT2D eigenvalue weighted by atomic mass is 10.1. The van der Waals surface area contributed by atoms with Crippen LogP contribution in [0.2, 0.25) is 5.02 Å². The van der Waals surface area contributed by atoms with Crippen molar-refractivity contribution in [2.75, 3.05) is 23.7 Å². The number of aryl methyl sites for hydroxylation is 2. The highest BCUT2D eigenvalue weighted by atomic mass is 35.5. The first-order valence-corrected chi connectivity index (χ1v) is 14.4. The molecule has 0 unspecified atom stereocenters. The van der Waals surface area contributed by atoms with E-state index >= 15 is 0 Å². The molecule has 1 atom stereocenters. The van der Waals surface area contributed by atoms with E-state index < -0.39 is 16.1 Å². The molecule has 7 nitrogen and oxygen atoms in total. The zero-order chi connectivity index (χ0) is 27.0. The zero-order valence-electron chi connectivity index (χ0n) is 22.0. The number of anilines is 1. The first-order chi connectivity index (χ1) is 16.8. The fraction of sp³-hybridized carbons (Fsp3) is 0.481. The van der Waals surface area contributed by atoms with Gasteiger partial charge in [-0.05, 0) is 74.1 Å². The van der Waals surface area contributed by atoms with Crippen LogP contribution in [0.25, 0.3) is 0 Å². The number of nitrogens with zero attached hydrogens (tertiary/aromatic N) is 2. The molecule has 0 aliphatic carbocycles. The fourth-order valence-electron chi connectivity index (χ4n) is 3.71. The Kier molecular flexibility index (Phi) is 10.8. The number of hydrogen-bond donors (Lipinski definition) is 1. The van der Waals surface area contributed by atoms with Crippen LogP contribution in [0.3, 0.4) is 0 Å². The van der Waals surface area contributed by atoms with E-state index in [4.69, 9.17) is 11.6 Å². The van der Waals surface area contributed by atoms with Gasteiger partial charge in [0.2, 0.25) is 21.8 Å². The lowest BCUT2D eigenvalue weighted by Gasteiger charge is -2.29. The van der Waals surface area contributed by atoms with E-state index in [1.54, 1.807) is 30.0 Å². The van der Waals surface area contributed by atoms with Crippen molar-refractivity contribution < 1.29 is 18.0 Å². The summed E-state index contributed by atoms with van der Waals surface area (Å²) in [5.74, 6) is -0.154. The van der Waals surface area contributed by atoms with Crippen molar-refractivity contribution in [3.05, 3.63) is 64.2 Å². The number of halogens is 1. The molecule has 0 aromatic heterocycles. The summed E-state index contributed by atoms with van der Waals surface area (Å²) in [6, 6.07) is 12.0. The third-order valence-corrected chi connectivity index (χ3v) is 7.49. The number of sulfonamides is 1. The van der Waals surface area contributed by atoms with Crippen molar-refractivity contribution in [1.82, 2.24) is 10.2 Å². The molecular weight excluding hydrogens is 498 g/mol. The largest absolute Gasteiger partial charge is 0.354 e. The van der Waals surface area contributed by atoms with Gasteiger partial charge in [-0.25, -0.2) is 8.42 Å². The molecule has 2 amide bonds. The predicted octanol–water partition coefficient (Wildman–Crippen LogP) is 4.69. The second-order valence-electron chi connectivity index (χ2n) is 9.67. The van der Waals surface area contributed by atoms with Crippen LogP contribution in [0.4, 0.5) is 5.69 Å². The Bertz CT molecular complexity index is 1150. The van der Waals surface area contributed by atoms with E-state index in [2.05, 4.69) is 5.32 Å². The molecule has 36 heavy (non-hydrogen) atoms. The Labute approximate surface area is 220 Å². The molecule has 0 heterocycles. The molecule has 198 valence electrons. The van der Waals surface area contributed by atoms with Gasteiger partial charge >= 0.3 is 0 Å². The van der Waals surface area contributed by atoms with Gasteiger partial charge in [0.25, 0.3) is 0 Å². The van der Waals surface area contributed by atoms with Gasteiger partial charge in [-0.3, -0.25) is 13.9 Å². The Morgan fingerprint density at radius 1 is 1.00 bits per heavy atom. The van der Waals surface area contributed by atoms with Crippen LogP contribution in [0.1, 0.15) is 50.3 Å². The molecular formula is C27H38ClN3O4S. The maximum Gasteiger partial charge on any atom is 0.242 e. The standard InChI is InChI=1S/C27H38ClN3O4S/c1-19(2)17-29-27(33)22(5)30(18-23-10-12-24(28)13-11-23)26(32)8-7-15-31(36(6,34)35)25-14-9-20(3)21(4)16-25/h9-14,16,19,22H,7-8,15,17-18H2,1-6H3,(H,29,33)/t22-/m0/s1. The van der Waals surface area contributed by atoms with Crippen LogP contribution in [-0.4, -0.2) is 50.5 Å². The van der Waals surface area contributed by atoms with E-state index in [1.165, 1.54) is 4.31 Å². The van der Waals surface area contributed by atoms with E-state index in [-0.39, 0.29) is 37.2 Å². The van der Waals surface area contributed by atoms with Crippen LogP contribution in [0.15, 0.2) is 42.5 Å². The third kappa shape index (κ3) is 8.82. The van der Waals surface area contributed by atoms with Crippen LogP contribution in [-0.2, 0) is 26.2 Å². The number of rotatable bonds is 12. The average molecular weight is 536 g/mol. The SMILES string of the molecule is Cc1ccc(N(CCCC(=O)N(Cc2ccc(Cl)cc2)[C@@H](C)C(=O)NCC(C)C)S(C)(=O)=O)cc1C. The van der Waals surface area contributed by atoms with Crippen molar-refractivity contribution in [3.63, 3.8) is 0 Å². The smallest absolute Gasteiger partial charge is 0.242 e. The lowest BCUT2D eigenvalue weighted by Crippen LogP contribution is -2.48. The molecule has 0 saturated carbocycles. The molecule has 0 fully saturated rings. The van der Waals surface area contributed by atoms with Gasteiger partial charge in [-0.1, -0.05) is 43.6 Å². The number of carbonyl (C=O) groups excluding carboxylic acids is 2. The highest BCUT2D eigenvalue weighted by molar-refractivity contribution is 7.92. The van der Waals surface area contributed by atoms with Gasteiger partial charge in [0, 0.05) is 31.1 Å². The van der Waals surface area contributed by atoms with Gasteiger partial charge in [0.05, 0.1) is 11.9 Å². The maximum atomic E-state index is 13.3. The average Bonchev–Trinajstić information content (AvgIpc) is 2.80. The first-order valence-electron chi connectivity index (χ1n) is 12.2. The summed E-state index contributed by atoms with van der Waals surface area (Å²) >= 11 is 6.00. The van der Waals surface area contributed by atoms with E-state index in [0.29, 0.717) is 23.7 Å². The summed E-state index contributed by atoms with van der Waals surface area (Å²) < 4.78 is 26.3. The number of carbonyl (C=O) groups is 2. The van der Waals surface area contributed by atoms with Crippen molar-refractivity contribution in [3.8, 4) is 0 Å². The Morgan fingerprint density at radius 3 is 2.19 bits per heavy atom. The molecule has 2 rings (SSSR count). The minimum Gasteiger partial charge on any atom is -0.354 e. The molecule has 9 heteroatoms. The Morgan fingerprint density at radius 2 is 1.64 bits per heavy atom. The predicted molar refractivity (Wildman–Crippen MR) is 147 cm³/mol. The minimum absolute atomic E-state index is 0.103. The summed E-state index contributed by atoms with van der Waals surface area (Å²) in [5.41, 5.74) is 3.49. The van der Waals surface area contributed by atoms with Crippen molar-refractivity contribution in [2.45, 2.75) is 60.0 Å². The summed E-state index contributed by atoms with van der Waals surface area (Å²) in [5, 5.41) is 3.49. The molecule has 0 saturated heterocycles. The zero-order valence-corrected chi connectivity index (χ0v) is 23.6. The Hall–Kier alpha value is -2.58. The van der Waals surface area contributed by atoms with Crippen LogP contribution in [0, 0.1) is 19.8 Å². The fourth-order valence-corrected chi connectivity index (χ4v) is 4.79. The van der Waals surface area contributed by atoms with E-state index in [0.717, 1.165) is 22.9 Å². The third-order valence-electron chi connectivity index (χ3n) is 6.05. The molecule has 1 N–H and O–H groups in total. The van der Waals surface area contributed by atoms with Gasteiger partial charge in [0.1, 0.15) is 6.04 Å². The summed E-state index contributed by atoms with van der Waals surface area (Å²) in [6.45, 7) is 10.6. The van der Waals surface area contributed by atoms with E-state index in [9.17, 15) is 18.0 Å². The van der Waals surface area contributed by atoms with Crippen LogP contribution in [0.5, 0.6) is 0 Å². The number of hydrogen-bond acceptors (Lipinski definition) is 4. The summed E-state index contributed by atoms with van der Waals surface area (Å²) in [6.07, 6.45) is 1.58. The van der Waals surface area contributed by atoms with Gasteiger partial charge in [-0.15, -0.1) is 0 Å². The van der Waals surface area contributed by atoms with Crippen LogP contribution >= 0.6 is 11.6 Å². The second-order valence-corrected chi connectivity index (χ2v) is 12.0. The lowest BCUT2D eigenvalue weighted by molar-refractivity contribution is -0.140. The molecule has 0 aliphatic rings. The summed E-state index contributed by atoms with van der Waals surface area (Å²) in [4.78, 5) is 27.6. The van der Waals surface area contributed by atoms with Crippen molar-refractivity contribution in [2.24, 2.45) is 5.92 Å². The number of amides is 2. The first kappa shape index (κ1) is 29.6. The van der Waals surface area contributed by atoms with Crippen molar-refractivity contribution >= 4 is 39.1 Å². The maximum absolute atomic E-state index is 13.3. The minimum atomic E-state index is -3.53. The highest BCUT2D eigenvalue weighted by Gasteiger charge is 2.26. The molecule has 0 radical (unpaired) electrons. The Balaban J connectivity index is 2.17. The van der Waals surface area contributed by atoms with E-state index in [1.807, 2.05) is 52.0 Å². The second kappa shape index (κ2) is 13.1.